The summed E-state index contributed by atoms with van der Waals surface area (Å²) in [5, 5.41) is 0.0924. The molecule has 2 nitrogen and oxygen atoms in total. The predicted molar refractivity (Wildman–Crippen MR) is 62.9 cm³/mol. The van der Waals surface area contributed by atoms with E-state index in [9.17, 15) is 9.18 Å². The number of aryl methyl sites for hydroxylation is 1. The van der Waals surface area contributed by atoms with Gasteiger partial charge in [0, 0.05) is 6.42 Å². The summed E-state index contributed by atoms with van der Waals surface area (Å²) in [6.45, 7) is 1.77. The summed E-state index contributed by atoms with van der Waals surface area (Å²) < 4.78 is 17.8. The van der Waals surface area contributed by atoms with E-state index in [2.05, 4.69) is 0 Å². The molecule has 17 heavy (non-hydrogen) atoms. The zero-order valence-corrected chi connectivity index (χ0v) is 9.92. The SMILES string of the molecule is Cc1cc(F)ccc1CC(=O)c1ccoc1Cl. The Labute approximate surface area is 103 Å². The fourth-order valence-corrected chi connectivity index (χ4v) is 1.84. The molecular weight excluding hydrogens is 243 g/mol. The third kappa shape index (κ3) is 2.56. The molecule has 0 unspecified atom stereocenters. The van der Waals surface area contributed by atoms with Crippen LogP contribution in [0.25, 0.3) is 0 Å². The number of ketones is 1. The van der Waals surface area contributed by atoms with Gasteiger partial charge in [0.25, 0.3) is 0 Å². The van der Waals surface area contributed by atoms with Crippen LogP contribution in [0.1, 0.15) is 21.5 Å². The van der Waals surface area contributed by atoms with Crippen LogP contribution in [0.5, 0.6) is 0 Å². The Morgan fingerprint density at radius 2 is 2.18 bits per heavy atom. The Balaban J connectivity index is 2.22. The number of halogens is 2. The molecule has 88 valence electrons. The summed E-state index contributed by atoms with van der Waals surface area (Å²) in [6, 6.07) is 5.88. The Morgan fingerprint density at radius 3 is 2.76 bits per heavy atom. The van der Waals surface area contributed by atoms with Gasteiger partial charge < -0.3 is 4.42 Å². The second-order valence-corrected chi connectivity index (χ2v) is 4.12. The van der Waals surface area contributed by atoms with Crippen molar-refractivity contribution in [3.63, 3.8) is 0 Å². The van der Waals surface area contributed by atoms with Gasteiger partial charge in [0.15, 0.2) is 5.78 Å². The minimum Gasteiger partial charge on any atom is -0.452 e. The van der Waals surface area contributed by atoms with Crippen molar-refractivity contribution in [1.29, 1.82) is 0 Å². The van der Waals surface area contributed by atoms with Gasteiger partial charge in [-0.15, -0.1) is 0 Å². The van der Waals surface area contributed by atoms with E-state index in [4.69, 9.17) is 16.0 Å². The molecule has 0 radical (unpaired) electrons. The van der Waals surface area contributed by atoms with Crippen molar-refractivity contribution in [2.24, 2.45) is 0 Å². The molecule has 1 aromatic carbocycles. The lowest BCUT2D eigenvalue weighted by molar-refractivity contribution is 0.0992. The molecule has 0 atom stereocenters. The van der Waals surface area contributed by atoms with E-state index in [0.717, 1.165) is 11.1 Å². The smallest absolute Gasteiger partial charge is 0.203 e. The molecular formula is C13H10ClFO2. The van der Waals surface area contributed by atoms with Gasteiger partial charge >= 0.3 is 0 Å². The van der Waals surface area contributed by atoms with E-state index >= 15 is 0 Å². The fraction of sp³-hybridized carbons (Fsp3) is 0.154. The Bertz CT molecular complexity index is 560. The van der Waals surface area contributed by atoms with Gasteiger partial charge in [0.1, 0.15) is 5.82 Å². The molecule has 1 aromatic heterocycles. The highest BCUT2D eigenvalue weighted by atomic mass is 35.5. The van der Waals surface area contributed by atoms with Gasteiger partial charge in [0.2, 0.25) is 5.22 Å². The molecule has 0 aliphatic heterocycles. The molecule has 0 saturated carbocycles. The maximum absolute atomic E-state index is 12.9. The summed E-state index contributed by atoms with van der Waals surface area (Å²) in [5.41, 5.74) is 1.89. The van der Waals surface area contributed by atoms with Crippen LogP contribution in [0.2, 0.25) is 5.22 Å². The van der Waals surface area contributed by atoms with Crippen LogP contribution in [0.3, 0.4) is 0 Å². The highest BCUT2D eigenvalue weighted by Crippen LogP contribution is 2.20. The molecule has 0 spiro atoms. The molecule has 0 fully saturated rings. The molecule has 4 heteroatoms. The van der Waals surface area contributed by atoms with Crippen molar-refractivity contribution in [1.82, 2.24) is 0 Å². The van der Waals surface area contributed by atoms with Crippen molar-refractivity contribution in [2.75, 3.05) is 0 Å². The van der Waals surface area contributed by atoms with E-state index in [-0.39, 0.29) is 23.2 Å². The third-order valence-corrected chi connectivity index (χ3v) is 2.87. The predicted octanol–water partition coefficient (Wildman–Crippen LogP) is 3.81. The Kier molecular flexibility index (Phi) is 3.29. The highest BCUT2D eigenvalue weighted by Gasteiger charge is 2.14. The lowest BCUT2D eigenvalue weighted by Crippen LogP contribution is -2.04. The quantitative estimate of drug-likeness (QED) is 0.778. The molecule has 0 amide bonds. The van der Waals surface area contributed by atoms with E-state index in [1.54, 1.807) is 13.0 Å². The average Bonchev–Trinajstić information content (AvgIpc) is 2.68. The van der Waals surface area contributed by atoms with Crippen LogP contribution in [0.15, 0.2) is 34.9 Å². The number of carbonyl (C=O) groups is 1. The Morgan fingerprint density at radius 1 is 1.41 bits per heavy atom. The van der Waals surface area contributed by atoms with Crippen LogP contribution in [-0.4, -0.2) is 5.78 Å². The van der Waals surface area contributed by atoms with Gasteiger partial charge in [-0.2, -0.15) is 0 Å². The van der Waals surface area contributed by atoms with Crippen molar-refractivity contribution in [3.8, 4) is 0 Å². The Hall–Kier alpha value is -1.61. The normalized spacial score (nSPS) is 10.5. The summed E-state index contributed by atoms with van der Waals surface area (Å²) in [4.78, 5) is 11.9. The van der Waals surface area contributed by atoms with E-state index in [1.807, 2.05) is 0 Å². The van der Waals surface area contributed by atoms with Gasteiger partial charge in [-0.1, -0.05) is 6.07 Å². The molecule has 0 bridgehead atoms. The molecule has 0 aliphatic rings. The van der Waals surface area contributed by atoms with Crippen molar-refractivity contribution >= 4 is 17.4 Å². The lowest BCUT2D eigenvalue weighted by Gasteiger charge is -2.04. The zero-order valence-electron chi connectivity index (χ0n) is 9.17. The van der Waals surface area contributed by atoms with E-state index < -0.39 is 0 Å². The van der Waals surface area contributed by atoms with Crippen LogP contribution in [0, 0.1) is 12.7 Å². The second-order valence-electron chi connectivity index (χ2n) is 3.78. The fourth-order valence-electron chi connectivity index (χ4n) is 1.62. The number of benzene rings is 1. The van der Waals surface area contributed by atoms with Gasteiger partial charge in [-0.25, -0.2) is 4.39 Å². The summed E-state index contributed by atoms with van der Waals surface area (Å²) in [5.74, 6) is -0.446. The highest BCUT2D eigenvalue weighted by molar-refractivity contribution is 6.32. The van der Waals surface area contributed by atoms with E-state index in [1.165, 1.54) is 24.5 Å². The van der Waals surface area contributed by atoms with Crippen molar-refractivity contribution < 1.29 is 13.6 Å². The topological polar surface area (TPSA) is 30.2 Å². The lowest BCUT2D eigenvalue weighted by atomic mass is 10.0. The first kappa shape index (κ1) is 11.9. The van der Waals surface area contributed by atoms with Gasteiger partial charge in [-0.05, 0) is 47.9 Å². The first-order valence-electron chi connectivity index (χ1n) is 5.09. The zero-order chi connectivity index (χ0) is 12.4. The van der Waals surface area contributed by atoms with Crippen LogP contribution in [0.4, 0.5) is 4.39 Å². The molecule has 1 heterocycles. The first-order chi connectivity index (χ1) is 8.08. The number of hydrogen-bond acceptors (Lipinski definition) is 2. The van der Waals surface area contributed by atoms with Crippen LogP contribution in [-0.2, 0) is 6.42 Å². The van der Waals surface area contributed by atoms with Crippen LogP contribution >= 0.6 is 11.6 Å². The summed E-state index contributed by atoms with van der Waals surface area (Å²) >= 11 is 5.72. The largest absolute Gasteiger partial charge is 0.452 e. The molecule has 2 aromatic rings. The van der Waals surface area contributed by atoms with E-state index in [0.29, 0.717) is 5.56 Å². The van der Waals surface area contributed by atoms with Gasteiger partial charge in [0.05, 0.1) is 11.8 Å². The average molecular weight is 253 g/mol. The molecule has 0 saturated heterocycles. The van der Waals surface area contributed by atoms with Crippen molar-refractivity contribution in [2.45, 2.75) is 13.3 Å². The number of carbonyl (C=O) groups excluding carboxylic acids is 1. The third-order valence-electron chi connectivity index (χ3n) is 2.57. The monoisotopic (exact) mass is 252 g/mol. The number of Topliss-reactive ketones (excluding diaryl/α,β-unsaturated/α-hetero) is 1. The summed E-state index contributed by atoms with van der Waals surface area (Å²) in [6.07, 6.45) is 1.55. The second kappa shape index (κ2) is 4.72. The molecule has 0 N–H and O–H groups in total. The molecule has 0 aliphatic carbocycles. The van der Waals surface area contributed by atoms with Crippen LogP contribution < -0.4 is 0 Å². The standard InChI is InChI=1S/C13H10ClFO2/c1-8-6-10(15)3-2-9(8)7-12(16)11-4-5-17-13(11)14/h2-6H,7H2,1H3. The van der Waals surface area contributed by atoms with Gasteiger partial charge in [-0.3, -0.25) is 4.79 Å². The summed E-state index contributed by atoms with van der Waals surface area (Å²) in [7, 11) is 0. The number of furan rings is 1. The first-order valence-corrected chi connectivity index (χ1v) is 5.47. The number of rotatable bonds is 3. The molecule has 2 rings (SSSR count). The minimum atomic E-state index is -0.306. The minimum absolute atomic E-state index is 0.0924. The number of hydrogen-bond donors (Lipinski definition) is 0. The maximum atomic E-state index is 12.9. The maximum Gasteiger partial charge on any atom is 0.203 e. The van der Waals surface area contributed by atoms with Crippen molar-refractivity contribution in [3.05, 3.63) is 58.3 Å².